The predicted molar refractivity (Wildman–Crippen MR) is 107 cm³/mol. The molecule has 7 nitrogen and oxygen atoms in total. The molecule has 0 bridgehead atoms. The van der Waals surface area contributed by atoms with Crippen LogP contribution in [0.2, 0.25) is 0 Å². The minimum atomic E-state index is -0.629. The molecule has 2 heterocycles. The molecule has 4 rings (SSSR count). The molecular weight excluding hydrogens is 368 g/mol. The van der Waals surface area contributed by atoms with Crippen molar-refractivity contribution in [2.45, 2.75) is 13.5 Å². The number of fused-ring (bicyclic) bond motifs is 1. The maximum Gasteiger partial charge on any atom is 0.359 e. The Morgan fingerprint density at radius 3 is 2.83 bits per heavy atom. The van der Waals surface area contributed by atoms with Gasteiger partial charge in [0.05, 0.1) is 22.9 Å². The standard InChI is InChI=1S/C22H16N4O3/c1-14-9-20(25-26(14)18-7-4-5-15(10-18)12-23)22(28)29-13-17-11-16-6-2-3-8-19(16)24-21(17)27/h2-11H,13H2,1H3,(H,24,27). The SMILES string of the molecule is Cc1cc(C(=O)OCc2cc3ccccc3[nH]c2=O)nn1-c1cccc(C#N)c1. The van der Waals surface area contributed by atoms with Crippen molar-refractivity contribution >= 4 is 16.9 Å². The monoisotopic (exact) mass is 384 g/mol. The molecular formula is C22H16N4O3. The summed E-state index contributed by atoms with van der Waals surface area (Å²) in [4.78, 5) is 27.4. The van der Waals surface area contributed by atoms with E-state index in [4.69, 9.17) is 10.00 Å². The minimum Gasteiger partial charge on any atom is -0.456 e. The van der Waals surface area contributed by atoms with E-state index < -0.39 is 5.97 Å². The molecule has 1 N–H and O–H groups in total. The summed E-state index contributed by atoms with van der Waals surface area (Å²) in [5.74, 6) is -0.629. The first-order valence-corrected chi connectivity index (χ1v) is 8.90. The first kappa shape index (κ1) is 18.2. The van der Waals surface area contributed by atoms with E-state index in [9.17, 15) is 9.59 Å². The third-order valence-corrected chi connectivity index (χ3v) is 4.51. The van der Waals surface area contributed by atoms with E-state index in [2.05, 4.69) is 16.2 Å². The lowest BCUT2D eigenvalue weighted by Gasteiger charge is -2.05. The van der Waals surface area contributed by atoms with Gasteiger partial charge in [0.1, 0.15) is 6.61 Å². The number of ether oxygens (including phenoxy) is 1. The second-order valence-corrected chi connectivity index (χ2v) is 6.53. The van der Waals surface area contributed by atoms with E-state index in [-0.39, 0.29) is 17.9 Å². The average Bonchev–Trinajstić information content (AvgIpc) is 3.13. The predicted octanol–water partition coefficient (Wildman–Crippen LogP) is 3.25. The topological polar surface area (TPSA) is 101 Å². The summed E-state index contributed by atoms with van der Waals surface area (Å²) in [6.07, 6.45) is 0. The number of benzene rings is 2. The zero-order valence-electron chi connectivity index (χ0n) is 15.5. The van der Waals surface area contributed by atoms with Crippen LogP contribution in [0.3, 0.4) is 0 Å². The fourth-order valence-electron chi connectivity index (χ4n) is 3.06. The van der Waals surface area contributed by atoms with Gasteiger partial charge in [-0.2, -0.15) is 10.4 Å². The van der Waals surface area contributed by atoms with Crippen molar-refractivity contribution in [3.8, 4) is 11.8 Å². The van der Waals surface area contributed by atoms with Gasteiger partial charge in [-0.1, -0.05) is 24.3 Å². The summed E-state index contributed by atoms with van der Waals surface area (Å²) >= 11 is 0. The summed E-state index contributed by atoms with van der Waals surface area (Å²) in [7, 11) is 0. The van der Waals surface area contributed by atoms with Gasteiger partial charge in [0.25, 0.3) is 5.56 Å². The average molecular weight is 384 g/mol. The van der Waals surface area contributed by atoms with Gasteiger partial charge in [0, 0.05) is 11.2 Å². The highest BCUT2D eigenvalue weighted by atomic mass is 16.5. The molecule has 0 radical (unpaired) electrons. The molecule has 0 unspecified atom stereocenters. The van der Waals surface area contributed by atoms with Crippen LogP contribution in [0, 0.1) is 18.3 Å². The second kappa shape index (κ2) is 7.44. The normalized spacial score (nSPS) is 10.6. The van der Waals surface area contributed by atoms with E-state index >= 15 is 0 Å². The van der Waals surface area contributed by atoms with Gasteiger partial charge in [-0.3, -0.25) is 4.79 Å². The maximum atomic E-state index is 12.5. The van der Waals surface area contributed by atoms with Crippen molar-refractivity contribution in [2.24, 2.45) is 0 Å². The molecule has 7 heteroatoms. The third kappa shape index (κ3) is 3.64. The molecule has 29 heavy (non-hydrogen) atoms. The number of nitriles is 1. The van der Waals surface area contributed by atoms with E-state index in [0.717, 1.165) is 16.6 Å². The fraction of sp³-hybridized carbons (Fsp3) is 0.0909. The number of para-hydroxylation sites is 1. The van der Waals surface area contributed by atoms with Crippen molar-refractivity contribution in [1.82, 2.24) is 14.8 Å². The summed E-state index contributed by atoms with van der Waals surface area (Å²) in [5, 5.41) is 14.2. The first-order valence-electron chi connectivity index (χ1n) is 8.90. The van der Waals surface area contributed by atoms with Gasteiger partial charge in [-0.25, -0.2) is 9.48 Å². The number of nitrogens with one attached hydrogen (secondary N) is 1. The highest BCUT2D eigenvalue weighted by molar-refractivity contribution is 5.87. The molecule has 0 atom stereocenters. The van der Waals surface area contributed by atoms with Gasteiger partial charge in [0.15, 0.2) is 5.69 Å². The second-order valence-electron chi connectivity index (χ2n) is 6.53. The van der Waals surface area contributed by atoms with E-state index in [0.29, 0.717) is 16.8 Å². The number of hydrogen-bond acceptors (Lipinski definition) is 5. The van der Waals surface area contributed by atoms with Crippen molar-refractivity contribution in [1.29, 1.82) is 5.26 Å². The maximum absolute atomic E-state index is 12.5. The van der Waals surface area contributed by atoms with E-state index in [1.165, 1.54) is 0 Å². The number of H-pyrrole nitrogens is 1. The van der Waals surface area contributed by atoms with Crippen LogP contribution in [-0.4, -0.2) is 20.7 Å². The van der Waals surface area contributed by atoms with E-state index in [1.807, 2.05) is 24.3 Å². The van der Waals surface area contributed by atoms with Gasteiger partial charge < -0.3 is 9.72 Å². The van der Waals surface area contributed by atoms with Gasteiger partial charge in [-0.15, -0.1) is 0 Å². The van der Waals surface area contributed by atoms with Crippen molar-refractivity contribution < 1.29 is 9.53 Å². The van der Waals surface area contributed by atoms with Crippen LogP contribution < -0.4 is 5.56 Å². The molecule has 4 aromatic rings. The number of aromatic amines is 1. The number of aromatic nitrogens is 3. The van der Waals surface area contributed by atoms with Gasteiger partial charge in [0.2, 0.25) is 0 Å². The van der Waals surface area contributed by atoms with Crippen molar-refractivity contribution in [3.63, 3.8) is 0 Å². The quantitative estimate of drug-likeness (QED) is 0.544. The van der Waals surface area contributed by atoms with Crippen LogP contribution >= 0.6 is 0 Å². The molecule has 0 saturated carbocycles. The smallest absolute Gasteiger partial charge is 0.359 e. The number of carbonyl (C=O) groups is 1. The Bertz CT molecular complexity index is 1330. The largest absolute Gasteiger partial charge is 0.456 e. The molecule has 2 aromatic heterocycles. The third-order valence-electron chi connectivity index (χ3n) is 4.51. The molecule has 0 aliphatic carbocycles. The Labute approximate surface area is 165 Å². The fourth-order valence-corrected chi connectivity index (χ4v) is 3.06. The summed E-state index contributed by atoms with van der Waals surface area (Å²) in [6.45, 7) is 1.64. The van der Waals surface area contributed by atoms with Crippen molar-refractivity contribution in [3.05, 3.63) is 93.5 Å². The summed E-state index contributed by atoms with van der Waals surface area (Å²) < 4.78 is 6.88. The highest BCUT2D eigenvalue weighted by Crippen LogP contribution is 2.15. The molecule has 0 spiro atoms. The van der Waals surface area contributed by atoms with Crippen LogP contribution in [-0.2, 0) is 11.3 Å². The number of carbonyl (C=O) groups excluding carboxylic acids is 1. The van der Waals surface area contributed by atoms with Gasteiger partial charge in [-0.05, 0) is 48.7 Å². The van der Waals surface area contributed by atoms with Crippen LogP contribution in [0.25, 0.3) is 16.6 Å². The molecule has 0 fully saturated rings. The Morgan fingerprint density at radius 2 is 2.00 bits per heavy atom. The lowest BCUT2D eigenvalue weighted by Crippen LogP contribution is -2.16. The Hall–Kier alpha value is -4.18. The van der Waals surface area contributed by atoms with Crippen LogP contribution in [0.5, 0.6) is 0 Å². The highest BCUT2D eigenvalue weighted by Gasteiger charge is 2.16. The molecule has 0 aliphatic heterocycles. The Balaban J connectivity index is 1.55. The lowest BCUT2D eigenvalue weighted by atomic mass is 10.1. The summed E-state index contributed by atoms with van der Waals surface area (Å²) in [5.41, 5.74) is 2.80. The minimum absolute atomic E-state index is 0.127. The van der Waals surface area contributed by atoms with Crippen LogP contribution in [0.1, 0.15) is 27.3 Å². The van der Waals surface area contributed by atoms with Gasteiger partial charge >= 0.3 is 5.97 Å². The molecule has 0 aliphatic rings. The molecule has 142 valence electrons. The number of nitrogens with zero attached hydrogens (tertiary/aromatic N) is 3. The van der Waals surface area contributed by atoms with Crippen LogP contribution in [0.4, 0.5) is 0 Å². The number of rotatable bonds is 4. The number of pyridine rings is 1. The zero-order valence-corrected chi connectivity index (χ0v) is 15.5. The molecule has 2 aromatic carbocycles. The number of esters is 1. The van der Waals surface area contributed by atoms with Crippen molar-refractivity contribution in [2.75, 3.05) is 0 Å². The number of hydrogen-bond donors (Lipinski definition) is 1. The Morgan fingerprint density at radius 1 is 1.17 bits per heavy atom. The van der Waals surface area contributed by atoms with E-state index in [1.54, 1.807) is 48.0 Å². The first-order chi connectivity index (χ1) is 14.0. The Kier molecular flexibility index (Phi) is 4.67. The molecule has 0 saturated heterocycles. The molecule has 0 amide bonds. The van der Waals surface area contributed by atoms with Crippen LogP contribution in [0.15, 0.2) is 65.5 Å². The summed E-state index contributed by atoms with van der Waals surface area (Å²) in [6, 6.07) is 19.7. The number of aryl methyl sites for hydroxylation is 1. The zero-order chi connectivity index (χ0) is 20.4. The lowest BCUT2D eigenvalue weighted by molar-refractivity contribution is 0.0464.